The lowest BCUT2D eigenvalue weighted by atomic mass is 10.2. The van der Waals surface area contributed by atoms with E-state index in [2.05, 4.69) is 39.6 Å². The van der Waals surface area contributed by atoms with Crippen LogP contribution in [-0.4, -0.2) is 31.9 Å². The van der Waals surface area contributed by atoms with E-state index >= 15 is 0 Å². The standard InChI is InChI=1S/C15H16N6O3S2/c1-9(2)7-16-14-19-20-15(26-14)25-8-12-17-18-13(24-12)10-3-5-11(6-4-10)21(22)23/h3-6,9H,7-8H2,1-2H3,(H,16,19). The predicted octanol–water partition coefficient (Wildman–Crippen LogP) is 3.86. The van der Waals surface area contributed by atoms with Gasteiger partial charge in [0.1, 0.15) is 0 Å². The number of thioether (sulfide) groups is 1. The van der Waals surface area contributed by atoms with E-state index in [4.69, 9.17) is 4.42 Å². The van der Waals surface area contributed by atoms with Crippen LogP contribution >= 0.6 is 23.1 Å². The molecular formula is C15H16N6O3S2. The molecule has 0 atom stereocenters. The number of benzene rings is 1. The number of nitrogens with zero attached hydrogens (tertiary/aromatic N) is 5. The second-order valence-corrected chi connectivity index (χ2v) is 7.94. The van der Waals surface area contributed by atoms with Gasteiger partial charge < -0.3 is 9.73 Å². The van der Waals surface area contributed by atoms with E-state index in [0.717, 1.165) is 16.0 Å². The molecule has 1 N–H and O–H groups in total. The molecule has 9 nitrogen and oxygen atoms in total. The Morgan fingerprint density at radius 1 is 1.23 bits per heavy atom. The highest BCUT2D eigenvalue weighted by atomic mass is 32.2. The second-order valence-electron chi connectivity index (χ2n) is 5.74. The number of aromatic nitrogens is 4. The van der Waals surface area contributed by atoms with Crippen LogP contribution in [-0.2, 0) is 5.75 Å². The van der Waals surface area contributed by atoms with E-state index in [1.54, 1.807) is 12.1 Å². The lowest BCUT2D eigenvalue weighted by molar-refractivity contribution is -0.384. The Kier molecular flexibility index (Phi) is 5.78. The smallest absolute Gasteiger partial charge is 0.269 e. The zero-order chi connectivity index (χ0) is 18.5. The average molecular weight is 392 g/mol. The summed E-state index contributed by atoms with van der Waals surface area (Å²) in [5, 5.41) is 30.9. The molecule has 11 heteroatoms. The van der Waals surface area contributed by atoms with Gasteiger partial charge in [0.05, 0.1) is 10.7 Å². The number of nitrogens with one attached hydrogen (secondary N) is 1. The number of nitro benzene ring substituents is 1. The Balaban J connectivity index is 1.57. The molecule has 0 amide bonds. The van der Waals surface area contributed by atoms with Crippen LogP contribution in [0.4, 0.5) is 10.8 Å². The topological polar surface area (TPSA) is 120 Å². The van der Waals surface area contributed by atoms with Crippen molar-refractivity contribution in [2.24, 2.45) is 5.92 Å². The van der Waals surface area contributed by atoms with Crippen LogP contribution in [0.5, 0.6) is 0 Å². The van der Waals surface area contributed by atoms with Gasteiger partial charge in [-0.05, 0) is 18.1 Å². The molecule has 0 saturated heterocycles. The van der Waals surface area contributed by atoms with E-state index in [0.29, 0.717) is 29.0 Å². The van der Waals surface area contributed by atoms with Crippen molar-refractivity contribution in [3.63, 3.8) is 0 Å². The molecular weight excluding hydrogens is 376 g/mol. The summed E-state index contributed by atoms with van der Waals surface area (Å²) in [6.07, 6.45) is 0. The van der Waals surface area contributed by atoms with Gasteiger partial charge in [-0.25, -0.2) is 0 Å². The van der Waals surface area contributed by atoms with Gasteiger partial charge in [-0.15, -0.1) is 20.4 Å². The molecule has 3 rings (SSSR count). The van der Waals surface area contributed by atoms with Crippen LogP contribution in [0.1, 0.15) is 19.7 Å². The molecule has 26 heavy (non-hydrogen) atoms. The van der Waals surface area contributed by atoms with Gasteiger partial charge in [0.15, 0.2) is 4.34 Å². The second kappa shape index (κ2) is 8.23. The van der Waals surface area contributed by atoms with E-state index in [1.165, 1.54) is 35.2 Å². The van der Waals surface area contributed by atoms with Gasteiger partial charge in [0.25, 0.3) is 5.69 Å². The van der Waals surface area contributed by atoms with Crippen LogP contribution in [0.2, 0.25) is 0 Å². The Morgan fingerprint density at radius 3 is 2.69 bits per heavy atom. The summed E-state index contributed by atoms with van der Waals surface area (Å²) in [4.78, 5) is 10.2. The van der Waals surface area contributed by atoms with Gasteiger partial charge in [0.2, 0.25) is 16.9 Å². The molecule has 0 radical (unpaired) electrons. The van der Waals surface area contributed by atoms with Gasteiger partial charge in [0, 0.05) is 24.2 Å². The summed E-state index contributed by atoms with van der Waals surface area (Å²) in [5.74, 6) is 1.78. The largest absolute Gasteiger partial charge is 0.420 e. The summed E-state index contributed by atoms with van der Waals surface area (Å²) in [6, 6.07) is 5.97. The molecule has 136 valence electrons. The maximum absolute atomic E-state index is 10.7. The van der Waals surface area contributed by atoms with Gasteiger partial charge in [-0.3, -0.25) is 10.1 Å². The molecule has 3 aromatic rings. The zero-order valence-electron chi connectivity index (χ0n) is 14.1. The highest BCUT2D eigenvalue weighted by molar-refractivity contribution is 8.00. The van der Waals surface area contributed by atoms with Crippen molar-refractivity contribution in [1.82, 2.24) is 20.4 Å². The summed E-state index contributed by atoms with van der Waals surface area (Å²) in [7, 11) is 0. The van der Waals surface area contributed by atoms with Gasteiger partial charge in [-0.2, -0.15) is 0 Å². The minimum absolute atomic E-state index is 0.0159. The van der Waals surface area contributed by atoms with Crippen molar-refractivity contribution < 1.29 is 9.34 Å². The maximum atomic E-state index is 10.7. The third-order valence-corrected chi connectivity index (χ3v) is 5.18. The fourth-order valence-corrected chi connectivity index (χ4v) is 3.50. The fourth-order valence-electron chi connectivity index (χ4n) is 1.91. The number of non-ortho nitro benzene ring substituents is 1. The number of anilines is 1. The molecule has 2 heterocycles. The molecule has 0 fully saturated rings. The van der Waals surface area contributed by atoms with Crippen LogP contribution in [0.25, 0.3) is 11.5 Å². The molecule has 0 aliphatic rings. The Labute approximate surface area is 157 Å². The molecule has 0 spiro atoms. The van der Waals surface area contributed by atoms with Crippen molar-refractivity contribution in [2.75, 3.05) is 11.9 Å². The maximum Gasteiger partial charge on any atom is 0.269 e. The average Bonchev–Trinajstić information content (AvgIpc) is 3.27. The minimum Gasteiger partial charge on any atom is -0.420 e. The van der Waals surface area contributed by atoms with Gasteiger partial charge >= 0.3 is 0 Å². The number of hydrogen-bond acceptors (Lipinski definition) is 10. The lowest BCUT2D eigenvalue weighted by Gasteiger charge is -2.03. The summed E-state index contributed by atoms with van der Waals surface area (Å²) in [5.41, 5.74) is 0.651. The van der Waals surface area contributed by atoms with E-state index in [-0.39, 0.29) is 5.69 Å². The van der Waals surface area contributed by atoms with E-state index < -0.39 is 4.92 Å². The highest BCUT2D eigenvalue weighted by Gasteiger charge is 2.12. The van der Waals surface area contributed by atoms with Crippen molar-refractivity contribution in [1.29, 1.82) is 0 Å². The highest BCUT2D eigenvalue weighted by Crippen LogP contribution is 2.29. The van der Waals surface area contributed by atoms with E-state index in [9.17, 15) is 10.1 Å². The quantitative estimate of drug-likeness (QED) is 0.346. The van der Waals surface area contributed by atoms with Crippen LogP contribution < -0.4 is 5.32 Å². The first kappa shape index (κ1) is 18.3. The third kappa shape index (κ3) is 4.76. The first-order valence-electron chi connectivity index (χ1n) is 7.78. The first-order valence-corrected chi connectivity index (χ1v) is 9.59. The third-order valence-electron chi connectivity index (χ3n) is 3.18. The van der Waals surface area contributed by atoms with E-state index in [1.807, 2.05) is 0 Å². The zero-order valence-corrected chi connectivity index (χ0v) is 15.7. The number of nitro groups is 1. The molecule has 0 aliphatic heterocycles. The SMILES string of the molecule is CC(C)CNc1nnc(SCc2nnc(-c3ccc([N+](=O)[O-])cc3)o2)s1. The van der Waals surface area contributed by atoms with Crippen molar-refractivity contribution in [3.8, 4) is 11.5 Å². The molecule has 0 unspecified atom stereocenters. The minimum atomic E-state index is -0.452. The predicted molar refractivity (Wildman–Crippen MR) is 99.2 cm³/mol. The molecule has 0 saturated carbocycles. The fraction of sp³-hybridized carbons (Fsp3) is 0.333. The molecule has 1 aromatic carbocycles. The number of hydrogen-bond donors (Lipinski definition) is 1. The van der Waals surface area contributed by atoms with Crippen LogP contribution in [0.3, 0.4) is 0 Å². The van der Waals surface area contributed by atoms with Crippen molar-refractivity contribution in [3.05, 3.63) is 40.3 Å². The monoisotopic (exact) mass is 392 g/mol. The van der Waals surface area contributed by atoms with Gasteiger partial charge in [-0.1, -0.05) is 36.9 Å². The van der Waals surface area contributed by atoms with Crippen molar-refractivity contribution >= 4 is 33.9 Å². The lowest BCUT2D eigenvalue weighted by Crippen LogP contribution is -2.07. The normalized spacial score (nSPS) is 11.0. The van der Waals surface area contributed by atoms with Crippen LogP contribution in [0.15, 0.2) is 33.0 Å². The Bertz CT molecular complexity index is 878. The summed E-state index contributed by atoms with van der Waals surface area (Å²) < 4.78 is 6.42. The van der Waals surface area contributed by atoms with Crippen molar-refractivity contribution in [2.45, 2.75) is 23.9 Å². The molecule has 2 aromatic heterocycles. The Morgan fingerprint density at radius 2 is 2.00 bits per heavy atom. The Hall–Kier alpha value is -2.53. The number of rotatable bonds is 8. The van der Waals surface area contributed by atoms with Crippen LogP contribution in [0, 0.1) is 16.0 Å². The summed E-state index contributed by atoms with van der Waals surface area (Å²) in [6.45, 7) is 5.10. The summed E-state index contributed by atoms with van der Waals surface area (Å²) >= 11 is 2.94. The first-order chi connectivity index (χ1) is 12.5. The molecule has 0 aliphatic carbocycles. The molecule has 0 bridgehead atoms.